The highest BCUT2D eigenvalue weighted by molar-refractivity contribution is 5.22. The van der Waals surface area contributed by atoms with Crippen LogP contribution >= 0.6 is 0 Å². The lowest BCUT2D eigenvalue weighted by atomic mass is 10.1. The molecule has 0 saturated carbocycles. The fraction of sp³-hybridized carbons (Fsp3) is 0.750. The van der Waals surface area contributed by atoms with E-state index in [0.29, 0.717) is 0 Å². The van der Waals surface area contributed by atoms with Gasteiger partial charge >= 0.3 is 0 Å². The number of hydrogen-bond donors (Lipinski definition) is 4. The predicted octanol–water partition coefficient (Wildman–Crippen LogP) is 1.24. The van der Waals surface area contributed by atoms with E-state index in [1.165, 1.54) is 49.9 Å². The standard InChI is InChI=1S/C24H44N6/c1-9-26-14-15-27-13-4-19-30(20-16-28-10-1)22-24-7-5-23(6-8-24)21-29-17-2-11-25-12-3-18-29/h5-8,25-28H,1-4,9-22H2. The average Bonchev–Trinajstić information content (AvgIpc) is 2.74. The second-order valence-corrected chi connectivity index (χ2v) is 8.78. The van der Waals surface area contributed by atoms with Gasteiger partial charge in [0.1, 0.15) is 0 Å². The minimum absolute atomic E-state index is 1.05. The number of rotatable bonds is 4. The van der Waals surface area contributed by atoms with Crippen LogP contribution in [0.25, 0.3) is 0 Å². The third-order valence-corrected chi connectivity index (χ3v) is 6.11. The van der Waals surface area contributed by atoms with Crippen LogP contribution in [-0.2, 0) is 13.1 Å². The van der Waals surface area contributed by atoms with Gasteiger partial charge in [-0.2, -0.15) is 0 Å². The van der Waals surface area contributed by atoms with Gasteiger partial charge in [0.05, 0.1) is 0 Å². The van der Waals surface area contributed by atoms with Gasteiger partial charge in [0.25, 0.3) is 0 Å². The lowest BCUT2D eigenvalue weighted by Crippen LogP contribution is -2.36. The highest BCUT2D eigenvalue weighted by Crippen LogP contribution is 2.11. The summed E-state index contributed by atoms with van der Waals surface area (Å²) in [4.78, 5) is 5.23. The first-order chi connectivity index (χ1) is 14.9. The van der Waals surface area contributed by atoms with Crippen molar-refractivity contribution >= 4 is 0 Å². The average molecular weight is 417 g/mol. The lowest BCUT2D eigenvalue weighted by Gasteiger charge is -2.25. The normalized spacial score (nSPS) is 22.7. The molecule has 3 rings (SSSR count). The predicted molar refractivity (Wildman–Crippen MR) is 127 cm³/mol. The molecule has 2 aliphatic rings. The van der Waals surface area contributed by atoms with Gasteiger partial charge in [-0.15, -0.1) is 0 Å². The molecule has 0 spiro atoms. The van der Waals surface area contributed by atoms with Gasteiger partial charge in [0.2, 0.25) is 0 Å². The summed E-state index contributed by atoms with van der Waals surface area (Å²) in [7, 11) is 0. The lowest BCUT2D eigenvalue weighted by molar-refractivity contribution is 0.244. The van der Waals surface area contributed by atoms with Crippen molar-refractivity contribution in [3.05, 3.63) is 35.4 Å². The van der Waals surface area contributed by atoms with Crippen LogP contribution in [0.15, 0.2) is 24.3 Å². The summed E-state index contributed by atoms with van der Waals surface area (Å²) in [5, 5.41) is 14.2. The fourth-order valence-corrected chi connectivity index (χ4v) is 4.34. The molecular formula is C24H44N6. The van der Waals surface area contributed by atoms with Crippen LogP contribution in [-0.4, -0.2) is 88.3 Å². The summed E-state index contributed by atoms with van der Waals surface area (Å²) in [5.74, 6) is 0. The first kappa shape index (κ1) is 23.6. The van der Waals surface area contributed by atoms with E-state index in [1.54, 1.807) is 0 Å². The number of nitrogens with one attached hydrogen (secondary N) is 4. The zero-order valence-electron chi connectivity index (χ0n) is 18.9. The van der Waals surface area contributed by atoms with E-state index in [2.05, 4.69) is 55.3 Å². The second kappa shape index (κ2) is 14.9. The molecule has 1 aromatic rings. The Morgan fingerprint density at radius 2 is 0.867 bits per heavy atom. The quantitative estimate of drug-likeness (QED) is 0.593. The molecule has 1 aromatic carbocycles. The zero-order chi connectivity index (χ0) is 20.7. The van der Waals surface area contributed by atoms with Crippen molar-refractivity contribution in [3.63, 3.8) is 0 Å². The van der Waals surface area contributed by atoms with Crippen LogP contribution < -0.4 is 21.3 Å². The molecule has 2 saturated heterocycles. The maximum atomic E-state index is 3.61. The summed E-state index contributed by atoms with van der Waals surface area (Å²) in [6.07, 6.45) is 4.93. The van der Waals surface area contributed by atoms with Crippen LogP contribution in [0.1, 0.15) is 36.8 Å². The van der Waals surface area contributed by atoms with E-state index < -0.39 is 0 Å². The first-order valence-electron chi connectivity index (χ1n) is 12.3. The Bertz CT molecular complexity index is 527. The van der Waals surface area contributed by atoms with Gasteiger partial charge in [-0.05, 0) is 89.2 Å². The molecule has 0 atom stereocenters. The maximum Gasteiger partial charge on any atom is 0.0234 e. The van der Waals surface area contributed by atoms with Crippen molar-refractivity contribution in [2.24, 2.45) is 0 Å². The molecule has 0 unspecified atom stereocenters. The molecule has 2 fully saturated rings. The van der Waals surface area contributed by atoms with Crippen molar-refractivity contribution in [1.82, 2.24) is 31.1 Å². The van der Waals surface area contributed by atoms with Gasteiger partial charge in [-0.1, -0.05) is 24.3 Å². The Kier molecular flexibility index (Phi) is 11.7. The van der Waals surface area contributed by atoms with Crippen molar-refractivity contribution in [3.8, 4) is 0 Å². The fourth-order valence-electron chi connectivity index (χ4n) is 4.34. The van der Waals surface area contributed by atoms with Crippen molar-refractivity contribution < 1.29 is 0 Å². The molecular weight excluding hydrogens is 372 g/mol. The number of nitrogens with zero attached hydrogens (tertiary/aromatic N) is 2. The van der Waals surface area contributed by atoms with Crippen LogP contribution in [0.3, 0.4) is 0 Å². The van der Waals surface area contributed by atoms with E-state index in [-0.39, 0.29) is 0 Å². The smallest absolute Gasteiger partial charge is 0.0234 e. The second-order valence-electron chi connectivity index (χ2n) is 8.78. The van der Waals surface area contributed by atoms with Gasteiger partial charge < -0.3 is 21.3 Å². The third-order valence-electron chi connectivity index (χ3n) is 6.11. The van der Waals surface area contributed by atoms with Crippen LogP contribution in [0.2, 0.25) is 0 Å². The Hall–Kier alpha value is -1.02. The van der Waals surface area contributed by atoms with Crippen molar-refractivity contribution in [2.75, 3.05) is 78.5 Å². The number of benzene rings is 1. The van der Waals surface area contributed by atoms with Crippen molar-refractivity contribution in [1.29, 1.82) is 0 Å². The maximum absolute atomic E-state index is 3.61. The Labute approximate surface area is 184 Å². The minimum atomic E-state index is 1.05. The van der Waals surface area contributed by atoms with E-state index >= 15 is 0 Å². The van der Waals surface area contributed by atoms with Crippen molar-refractivity contribution in [2.45, 2.75) is 38.8 Å². The van der Waals surface area contributed by atoms with Crippen LogP contribution in [0.5, 0.6) is 0 Å². The summed E-state index contributed by atoms with van der Waals surface area (Å²) in [6, 6.07) is 9.40. The molecule has 0 amide bonds. The Morgan fingerprint density at radius 1 is 0.467 bits per heavy atom. The van der Waals surface area contributed by atoms with Crippen LogP contribution in [0.4, 0.5) is 0 Å². The molecule has 6 nitrogen and oxygen atoms in total. The monoisotopic (exact) mass is 416 g/mol. The largest absolute Gasteiger partial charge is 0.317 e. The molecule has 6 heteroatoms. The zero-order valence-corrected chi connectivity index (χ0v) is 18.9. The van der Waals surface area contributed by atoms with Gasteiger partial charge in [-0.25, -0.2) is 0 Å². The van der Waals surface area contributed by atoms with E-state index in [9.17, 15) is 0 Å². The van der Waals surface area contributed by atoms with Gasteiger partial charge in [-0.3, -0.25) is 9.80 Å². The Morgan fingerprint density at radius 3 is 1.40 bits per heavy atom. The van der Waals surface area contributed by atoms with Gasteiger partial charge in [0, 0.05) is 39.3 Å². The van der Waals surface area contributed by atoms with E-state index in [4.69, 9.17) is 0 Å². The number of hydrogen-bond acceptors (Lipinski definition) is 6. The molecule has 0 radical (unpaired) electrons. The summed E-state index contributed by atoms with van der Waals surface area (Å²) >= 11 is 0. The highest BCUT2D eigenvalue weighted by Gasteiger charge is 2.10. The summed E-state index contributed by atoms with van der Waals surface area (Å²) in [5.41, 5.74) is 2.89. The van der Waals surface area contributed by atoms with Crippen LogP contribution in [0, 0.1) is 0 Å². The molecule has 2 aliphatic heterocycles. The first-order valence-corrected chi connectivity index (χ1v) is 12.3. The summed E-state index contributed by atoms with van der Waals surface area (Å²) < 4.78 is 0. The van der Waals surface area contributed by atoms with E-state index in [0.717, 1.165) is 78.5 Å². The molecule has 170 valence electrons. The molecule has 30 heavy (non-hydrogen) atoms. The topological polar surface area (TPSA) is 54.6 Å². The minimum Gasteiger partial charge on any atom is -0.317 e. The molecule has 0 bridgehead atoms. The van der Waals surface area contributed by atoms with E-state index in [1.807, 2.05) is 0 Å². The summed E-state index contributed by atoms with van der Waals surface area (Å²) in [6.45, 7) is 15.7. The molecule has 0 aromatic heterocycles. The SMILES string of the molecule is c1cc(CN2CCCNCCNCCCNCC2)ccc1CN1CCCNCCC1. The molecule has 0 aliphatic carbocycles. The molecule has 4 N–H and O–H groups in total. The third kappa shape index (κ3) is 9.86. The Balaban J connectivity index is 1.46. The molecule has 2 heterocycles. The highest BCUT2D eigenvalue weighted by atomic mass is 15.1. The van der Waals surface area contributed by atoms with Gasteiger partial charge in [0.15, 0.2) is 0 Å².